The summed E-state index contributed by atoms with van der Waals surface area (Å²) >= 11 is 0. The SMILES string of the molecule is CC(C)(COCc1ccccc1)NC(=O)NC1CCCn2ncnc21. The van der Waals surface area contributed by atoms with E-state index in [1.807, 2.05) is 48.9 Å². The van der Waals surface area contributed by atoms with Gasteiger partial charge in [0.05, 0.1) is 24.8 Å². The molecule has 0 aliphatic carbocycles. The van der Waals surface area contributed by atoms with Crippen LogP contribution in [-0.4, -0.2) is 32.9 Å². The Labute approximate surface area is 147 Å². The number of hydrogen-bond acceptors (Lipinski definition) is 4. The topological polar surface area (TPSA) is 81.1 Å². The molecular weight excluding hydrogens is 318 g/mol. The van der Waals surface area contributed by atoms with Crippen LogP contribution in [0.2, 0.25) is 0 Å². The summed E-state index contributed by atoms with van der Waals surface area (Å²) in [4.78, 5) is 16.6. The molecule has 0 saturated carbocycles. The molecule has 0 bridgehead atoms. The zero-order chi connectivity index (χ0) is 17.7. The number of ether oxygens (including phenoxy) is 1. The third kappa shape index (κ3) is 4.79. The van der Waals surface area contributed by atoms with Gasteiger partial charge < -0.3 is 15.4 Å². The van der Waals surface area contributed by atoms with Crippen molar-refractivity contribution in [1.82, 2.24) is 25.4 Å². The largest absolute Gasteiger partial charge is 0.374 e. The maximum Gasteiger partial charge on any atom is 0.315 e. The van der Waals surface area contributed by atoms with Crippen LogP contribution >= 0.6 is 0 Å². The Balaban J connectivity index is 1.47. The summed E-state index contributed by atoms with van der Waals surface area (Å²) in [5.41, 5.74) is 0.644. The minimum atomic E-state index is -0.471. The number of nitrogens with zero attached hydrogens (tertiary/aromatic N) is 3. The van der Waals surface area contributed by atoms with Gasteiger partial charge in [-0.1, -0.05) is 30.3 Å². The van der Waals surface area contributed by atoms with Crippen LogP contribution in [0.15, 0.2) is 36.7 Å². The molecule has 2 heterocycles. The fourth-order valence-corrected chi connectivity index (χ4v) is 2.96. The number of aryl methyl sites for hydroxylation is 1. The first kappa shape index (κ1) is 17.4. The molecule has 1 aromatic carbocycles. The second kappa shape index (κ2) is 7.65. The molecule has 1 aliphatic heterocycles. The lowest BCUT2D eigenvalue weighted by Crippen LogP contribution is -2.52. The summed E-state index contributed by atoms with van der Waals surface area (Å²) < 4.78 is 7.60. The van der Waals surface area contributed by atoms with Crippen molar-refractivity contribution in [2.75, 3.05) is 6.61 Å². The van der Waals surface area contributed by atoms with Crippen molar-refractivity contribution in [3.63, 3.8) is 0 Å². The molecule has 1 aliphatic rings. The normalized spacial score (nSPS) is 17.0. The van der Waals surface area contributed by atoms with Crippen LogP contribution in [0.4, 0.5) is 4.79 Å². The van der Waals surface area contributed by atoms with Crippen LogP contribution in [0.1, 0.15) is 44.1 Å². The van der Waals surface area contributed by atoms with Crippen molar-refractivity contribution in [2.24, 2.45) is 0 Å². The Hall–Kier alpha value is -2.41. The van der Waals surface area contributed by atoms with Crippen molar-refractivity contribution >= 4 is 6.03 Å². The first-order chi connectivity index (χ1) is 12.0. The van der Waals surface area contributed by atoms with Crippen molar-refractivity contribution in [1.29, 1.82) is 0 Å². The number of fused-ring (bicyclic) bond motifs is 1. The Kier molecular flexibility index (Phi) is 5.33. The zero-order valence-electron chi connectivity index (χ0n) is 14.7. The van der Waals surface area contributed by atoms with E-state index in [0.717, 1.165) is 30.8 Å². The molecule has 7 heteroatoms. The number of benzene rings is 1. The highest BCUT2D eigenvalue weighted by atomic mass is 16.5. The van der Waals surface area contributed by atoms with Gasteiger partial charge in [0.15, 0.2) is 0 Å². The minimum absolute atomic E-state index is 0.0997. The third-order valence-electron chi connectivity index (χ3n) is 4.15. The van der Waals surface area contributed by atoms with Crippen molar-refractivity contribution < 1.29 is 9.53 Å². The van der Waals surface area contributed by atoms with Crippen molar-refractivity contribution in [2.45, 2.75) is 51.4 Å². The van der Waals surface area contributed by atoms with Crippen LogP contribution in [0.25, 0.3) is 0 Å². The molecule has 0 saturated heterocycles. The maximum absolute atomic E-state index is 12.4. The van der Waals surface area contributed by atoms with E-state index in [1.54, 1.807) is 0 Å². The van der Waals surface area contributed by atoms with Gasteiger partial charge in [-0.25, -0.2) is 14.5 Å². The van der Waals surface area contributed by atoms with E-state index in [1.165, 1.54) is 6.33 Å². The molecule has 2 aromatic rings. The standard InChI is InChI=1S/C18H25N5O2/c1-18(2,12-25-11-14-7-4-3-5-8-14)22-17(24)21-15-9-6-10-23-16(15)19-13-20-23/h3-5,7-8,13,15H,6,9-12H2,1-2H3,(H2,21,22,24). The lowest BCUT2D eigenvalue weighted by molar-refractivity contribution is 0.0740. The Morgan fingerprint density at radius 2 is 2.16 bits per heavy atom. The quantitative estimate of drug-likeness (QED) is 0.844. The molecule has 0 radical (unpaired) electrons. The first-order valence-electron chi connectivity index (χ1n) is 8.61. The highest BCUT2D eigenvalue weighted by molar-refractivity contribution is 5.75. The first-order valence-corrected chi connectivity index (χ1v) is 8.61. The van der Waals surface area contributed by atoms with E-state index >= 15 is 0 Å². The molecule has 0 fully saturated rings. The fourth-order valence-electron chi connectivity index (χ4n) is 2.96. The molecule has 0 spiro atoms. The van der Waals surface area contributed by atoms with Crippen LogP contribution in [0.3, 0.4) is 0 Å². The molecular formula is C18H25N5O2. The van der Waals surface area contributed by atoms with Gasteiger partial charge in [-0.05, 0) is 32.3 Å². The molecule has 3 rings (SSSR count). The van der Waals surface area contributed by atoms with Crippen molar-refractivity contribution in [3.05, 3.63) is 48.0 Å². The summed E-state index contributed by atoms with van der Waals surface area (Å²) in [5, 5.41) is 10.1. The fraction of sp³-hybridized carbons (Fsp3) is 0.500. The molecule has 134 valence electrons. The van der Waals surface area contributed by atoms with Gasteiger partial charge >= 0.3 is 6.03 Å². The second-order valence-corrected chi connectivity index (χ2v) is 7.00. The number of carbonyl (C=O) groups excluding carboxylic acids is 1. The number of amides is 2. The molecule has 25 heavy (non-hydrogen) atoms. The summed E-state index contributed by atoms with van der Waals surface area (Å²) in [7, 11) is 0. The number of nitrogens with one attached hydrogen (secondary N) is 2. The number of urea groups is 1. The van der Waals surface area contributed by atoms with Gasteiger partial charge in [0, 0.05) is 6.54 Å². The average molecular weight is 343 g/mol. The zero-order valence-corrected chi connectivity index (χ0v) is 14.7. The Morgan fingerprint density at radius 1 is 1.36 bits per heavy atom. The Morgan fingerprint density at radius 3 is 2.96 bits per heavy atom. The maximum atomic E-state index is 12.4. The van der Waals surface area contributed by atoms with Crippen LogP contribution in [0, 0.1) is 0 Å². The average Bonchev–Trinajstić information content (AvgIpc) is 3.05. The van der Waals surface area contributed by atoms with Crippen molar-refractivity contribution in [3.8, 4) is 0 Å². The molecule has 2 amide bonds. The van der Waals surface area contributed by atoms with E-state index in [-0.39, 0.29) is 12.1 Å². The lowest BCUT2D eigenvalue weighted by atomic mass is 10.1. The number of rotatable bonds is 6. The highest BCUT2D eigenvalue weighted by Crippen LogP contribution is 2.21. The number of hydrogen-bond donors (Lipinski definition) is 2. The monoisotopic (exact) mass is 343 g/mol. The van der Waals surface area contributed by atoms with E-state index < -0.39 is 5.54 Å². The summed E-state index contributed by atoms with van der Waals surface area (Å²) in [6.07, 6.45) is 3.39. The molecule has 7 nitrogen and oxygen atoms in total. The van der Waals surface area contributed by atoms with E-state index in [0.29, 0.717) is 13.2 Å². The molecule has 1 atom stereocenters. The summed E-state index contributed by atoms with van der Waals surface area (Å²) in [6.45, 7) is 5.70. The summed E-state index contributed by atoms with van der Waals surface area (Å²) in [5.74, 6) is 0.819. The molecule has 1 aromatic heterocycles. The highest BCUT2D eigenvalue weighted by Gasteiger charge is 2.26. The second-order valence-electron chi connectivity index (χ2n) is 7.00. The van der Waals surface area contributed by atoms with Gasteiger partial charge in [-0.3, -0.25) is 0 Å². The van der Waals surface area contributed by atoms with Gasteiger partial charge in [0.2, 0.25) is 0 Å². The lowest BCUT2D eigenvalue weighted by Gasteiger charge is -2.29. The Bertz CT molecular complexity index is 699. The van der Waals surface area contributed by atoms with E-state index in [4.69, 9.17) is 4.74 Å². The van der Waals surface area contributed by atoms with Crippen LogP contribution < -0.4 is 10.6 Å². The van der Waals surface area contributed by atoms with Crippen LogP contribution in [0.5, 0.6) is 0 Å². The van der Waals surface area contributed by atoms with Gasteiger partial charge in [0.1, 0.15) is 12.2 Å². The summed E-state index contributed by atoms with van der Waals surface area (Å²) in [6, 6.07) is 9.67. The van der Waals surface area contributed by atoms with E-state index in [2.05, 4.69) is 20.7 Å². The van der Waals surface area contributed by atoms with Crippen LogP contribution in [-0.2, 0) is 17.9 Å². The predicted octanol–water partition coefficient (Wildman–Crippen LogP) is 2.41. The number of carbonyl (C=O) groups is 1. The minimum Gasteiger partial charge on any atom is -0.374 e. The predicted molar refractivity (Wildman–Crippen MR) is 93.8 cm³/mol. The molecule has 2 N–H and O–H groups in total. The number of aromatic nitrogens is 3. The third-order valence-corrected chi connectivity index (χ3v) is 4.15. The van der Waals surface area contributed by atoms with Gasteiger partial charge in [0.25, 0.3) is 0 Å². The van der Waals surface area contributed by atoms with E-state index in [9.17, 15) is 4.79 Å². The molecule has 1 unspecified atom stereocenters. The van der Waals surface area contributed by atoms with Gasteiger partial charge in [-0.15, -0.1) is 0 Å². The van der Waals surface area contributed by atoms with Gasteiger partial charge in [-0.2, -0.15) is 5.10 Å². The smallest absolute Gasteiger partial charge is 0.315 e.